The quantitative estimate of drug-likeness (QED) is 0.880. The first kappa shape index (κ1) is 14.0. The molecule has 0 aromatic heterocycles. The summed E-state index contributed by atoms with van der Waals surface area (Å²) in [4.78, 5) is 12.0. The molecule has 1 aromatic rings. The molecule has 1 aliphatic rings. The number of amides is 1. The second kappa shape index (κ2) is 6.15. The lowest BCUT2D eigenvalue weighted by atomic mass is 9.85. The predicted molar refractivity (Wildman–Crippen MR) is 73.4 cm³/mol. The lowest BCUT2D eigenvalue weighted by Gasteiger charge is -2.28. The molecule has 2 rings (SSSR count). The molecule has 1 amide bonds. The summed E-state index contributed by atoms with van der Waals surface area (Å²) in [6.07, 6.45) is 4.38. The van der Waals surface area contributed by atoms with Crippen molar-refractivity contribution in [1.29, 1.82) is 0 Å². The third kappa shape index (κ3) is 3.32. The van der Waals surface area contributed by atoms with Crippen LogP contribution in [0.15, 0.2) is 18.2 Å². The fourth-order valence-corrected chi connectivity index (χ4v) is 2.63. The Bertz CT molecular complexity index is 461. The molecule has 0 radical (unpaired) electrons. The molecule has 0 bridgehead atoms. The molecule has 2 unspecified atom stereocenters. The summed E-state index contributed by atoms with van der Waals surface area (Å²) in [5.74, 6) is -0.475. The number of nitrogens with two attached hydrogens (primary N) is 1. The Balaban J connectivity index is 1.95. The van der Waals surface area contributed by atoms with Crippen molar-refractivity contribution in [3.05, 3.63) is 35.1 Å². The highest BCUT2D eigenvalue weighted by molar-refractivity contribution is 5.94. The largest absolute Gasteiger partial charge is 0.352 e. The van der Waals surface area contributed by atoms with Gasteiger partial charge in [0, 0.05) is 12.6 Å². The van der Waals surface area contributed by atoms with E-state index in [2.05, 4.69) is 5.32 Å². The van der Waals surface area contributed by atoms with E-state index in [4.69, 9.17) is 5.73 Å². The molecular formula is C15H21FN2O. The first-order valence-electron chi connectivity index (χ1n) is 6.88. The highest BCUT2D eigenvalue weighted by Crippen LogP contribution is 2.22. The molecule has 1 fully saturated rings. The Morgan fingerprint density at radius 3 is 2.89 bits per heavy atom. The zero-order chi connectivity index (χ0) is 13.8. The average Bonchev–Trinajstić information content (AvgIpc) is 2.40. The Morgan fingerprint density at radius 2 is 2.16 bits per heavy atom. The fraction of sp³-hybridized carbons (Fsp3) is 0.533. The normalized spacial score (nSPS) is 23.1. The van der Waals surface area contributed by atoms with E-state index < -0.39 is 5.82 Å². The van der Waals surface area contributed by atoms with Gasteiger partial charge in [0.05, 0.1) is 5.56 Å². The van der Waals surface area contributed by atoms with Gasteiger partial charge < -0.3 is 11.1 Å². The van der Waals surface area contributed by atoms with Gasteiger partial charge in [0.2, 0.25) is 0 Å². The SMILES string of the molecule is Cc1cccc(C(=O)NCC2CCCCC2N)c1F. The Labute approximate surface area is 113 Å². The van der Waals surface area contributed by atoms with Crippen LogP contribution in [0.4, 0.5) is 4.39 Å². The minimum atomic E-state index is -0.437. The number of nitrogens with one attached hydrogen (secondary N) is 1. The van der Waals surface area contributed by atoms with E-state index in [1.807, 2.05) is 0 Å². The number of halogens is 1. The van der Waals surface area contributed by atoms with Gasteiger partial charge in [-0.25, -0.2) is 4.39 Å². The number of hydrogen-bond donors (Lipinski definition) is 2. The van der Waals surface area contributed by atoms with Crippen LogP contribution in [-0.2, 0) is 0 Å². The van der Waals surface area contributed by atoms with Crippen LogP contribution in [0.2, 0.25) is 0 Å². The lowest BCUT2D eigenvalue weighted by Crippen LogP contribution is -2.41. The third-order valence-electron chi connectivity index (χ3n) is 3.93. The van der Waals surface area contributed by atoms with Crippen LogP contribution >= 0.6 is 0 Å². The monoisotopic (exact) mass is 264 g/mol. The molecule has 2 atom stereocenters. The van der Waals surface area contributed by atoms with Crippen molar-refractivity contribution in [1.82, 2.24) is 5.32 Å². The molecule has 1 aromatic carbocycles. The summed E-state index contributed by atoms with van der Waals surface area (Å²) in [5.41, 5.74) is 6.64. The topological polar surface area (TPSA) is 55.1 Å². The van der Waals surface area contributed by atoms with Gasteiger partial charge in [0.25, 0.3) is 5.91 Å². The van der Waals surface area contributed by atoms with E-state index in [1.165, 1.54) is 6.07 Å². The van der Waals surface area contributed by atoms with Crippen LogP contribution in [0.25, 0.3) is 0 Å². The van der Waals surface area contributed by atoms with Gasteiger partial charge in [0.15, 0.2) is 0 Å². The standard InChI is InChI=1S/C15H21FN2O/c1-10-5-4-7-12(14(10)16)15(19)18-9-11-6-2-3-8-13(11)17/h4-5,7,11,13H,2-3,6,8-9,17H2,1H3,(H,18,19). The average molecular weight is 264 g/mol. The van der Waals surface area contributed by atoms with Crippen LogP contribution in [0.5, 0.6) is 0 Å². The molecule has 0 heterocycles. The number of rotatable bonds is 3. The zero-order valence-corrected chi connectivity index (χ0v) is 11.3. The molecule has 0 spiro atoms. The maximum atomic E-state index is 13.8. The first-order chi connectivity index (χ1) is 9.09. The minimum absolute atomic E-state index is 0.115. The van der Waals surface area contributed by atoms with Crippen LogP contribution < -0.4 is 11.1 Å². The second-order valence-electron chi connectivity index (χ2n) is 5.35. The van der Waals surface area contributed by atoms with Crippen LogP contribution in [0.1, 0.15) is 41.6 Å². The number of aryl methyl sites for hydroxylation is 1. The van der Waals surface area contributed by atoms with Gasteiger partial charge in [-0.15, -0.1) is 0 Å². The summed E-state index contributed by atoms with van der Waals surface area (Å²) in [6.45, 7) is 2.19. The molecule has 1 aliphatic carbocycles. The second-order valence-corrected chi connectivity index (χ2v) is 5.35. The van der Waals surface area contributed by atoms with Crippen molar-refractivity contribution in [3.8, 4) is 0 Å². The molecule has 19 heavy (non-hydrogen) atoms. The number of carbonyl (C=O) groups is 1. The number of carbonyl (C=O) groups excluding carboxylic acids is 1. The van der Waals surface area contributed by atoms with Crippen LogP contribution in [0, 0.1) is 18.7 Å². The van der Waals surface area contributed by atoms with Gasteiger partial charge in [-0.1, -0.05) is 25.0 Å². The molecule has 0 saturated heterocycles. The summed E-state index contributed by atoms with van der Waals surface area (Å²) >= 11 is 0. The third-order valence-corrected chi connectivity index (χ3v) is 3.93. The van der Waals surface area contributed by atoms with E-state index in [0.717, 1.165) is 25.7 Å². The van der Waals surface area contributed by atoms with Crippen molar-refractivity contribution in [3.63, 3.8) is 0 Å². The fourth-order valence-electron chi connectivity index (χ4n) is 2.63. The van der Waals surface area contributed by atoms with E-state index in [-0.39, 0.29) is 17.5 Å². The van der Waals surface area contributed by atoms with Gasteiger partial charge >= 0.3 is 0 Å². The molecule has 4 heteroatoms. The Morgan fingerprint density at radius 1 is 1.42 bits per heavy atom. The van der Waals surface area contributed by atoms with Gasteiger partial charge in [-0.05, 0) is 37.3 Å². The highest BCUT2D eigenvalue weighted by Gasteiger charge is 2.22. The summed E-state index contributed by atoms with van der Waals surface area (Å²) in [6, 6.07) is 5.01. The van der Waals surface area contributed by atoms with Crippen LogP contribution in [0.3, 0.4) is 0 Å². The zero-order valence-electron chi connectivity index (χ0n) is 11.3. The molecule has 1 saturated carbocycles. The molecule has 3 nitrogen and oxygen atoms in total. The predicted octanol–water partition coefficient (Wildman–Crippen LogP) is 2.38. The Hall–Kier alpha value is -1.42. The number of benzene rings is 1. The van der Waals surface area contributed by atoms with Crippen molar-refractivity contribution in [2.24, 2.45) is 11.7 Å². The van der Waals surface area contributed by atoms with Crippen molar-refractivity contribution in [2.45, 2.75) is 38.6 Å². The van der Waals surface area contributed by atoms with E-state index in [0.29, 0.717) is 18.0 Å². The molecule has 3 N–H and O–H groups in total. The van der Waals surface area contributed by atoms with E-state index in [9.17, 15) is 9.18 Å². The lowest BCUT2D eigenvalue weighted by molar-refractivity contribution is 0.0937. The summed E-state index contributed by atoms with van der Waals surface area (Å²) in [7, 11) is 0. The van der Waals surface area contributed by atoms with E-state index >= 15 is 0 Å². The van der Waals surface area contributed by atoms with Gasteiger partial charge in [0.1, 0.15) is 5.82 Å². The van der Waals surface area contributed by atoms with E-state index in [1.54, 1.807) is 19.1 Å². The first-order valence-corrected chi connectivity index (χ1v) is 6.88. The van der Waals surface area contributed by atoms with Gasteiger partial charge in [-0.3, -0.25) is 4.79 Å². The van der Waals surface area contributed by atoms with Gasteiger partial charge in [-0.2, -0.15) is 0 Å². The molecular weight excluding hydrogens is 243 g/mol. The minimum Gasteiger partial charge on any atom is -0.352 e. The van der Waals surface area contributed by atoms with Crippen molar-refractivity contribution < 1.29 is 9.18 Å². The van der Waals surface area contributed by atoms with Crippen molar-refractivity contribution in [2.75, 3.05) is 6.54 Å². The maximum Gasteiger partial charge on any atom is 0.254 e. The molecule has 104 valence electrons. The van der Waals surface area contributed by atoms with Crippen LogP contribution in [-0.4, -0.2) is 18.5 Å². The number of hydrogen-bond acceptors (Lipinski definition) is 2. The summed E-state index contributed by atoms with van der Waals surface area (Å²) < 4.78 is 13.8. The van der Waals surface area contributed by atoms with Crippen molar-refractivity contribution >= 4 is 5.91 Å². The summed E-state index contributed by atoms with van der Waals surface area (Å²) in [5, 5.41) is 2.81. The molecule has 0 aliphatic heterocycles. The Kier molecular flexibility index (Phi) is 4.53. The maximum absolute atomic E-state index is 13.8. The highest BCUT2D eigenvalue weighted by atomic mass is 19.1. The smallest absolute Gasteiger partial charge is 0.254 e.